The average Bonchev–Trinajstić information content (AvgIpc) is 2.92. The lowest BCUT2D eigenvalue weighted by molar-refractivity contribution is 0.102. The van der Waals surface area contributed by atoms with Gasteiger partial charge in [0.2, 0.25) is 10.0 Å². The Bertz CT molecular complexity index is 874. The van der Waals surface area contributed by atoms with Gasteiger partial charge in [0, 0.05) is 18.8 Å². The summed E-state index contributed by atoms with van der Waals surface area (Å²) in [5.41, 5.74) is 0.349. The minimum absolute atomic E-state index is 0.0613. The maximum Gasteiger partial charge on any atom is 0.258 e. The van der Waals surface area contributed by atoms with Crippen molar-refractivity contribution in [3.8, 4) is 0 Å². The topological polar surface area (TPSA) is 66.5 Å². The van der Waals surface area contributed by atoms with E-state index >= 15 is 0 Å². The third-order valence-corrected chi connectivity index (χ3v) is 6.35. The van der Waals surface area contributed by atoms with Gasteiger partial charge in [-0.2, -0.15) is 4.31 Å². The van der Waals surface area contributed by atoms with Crippen LogP contribution >= 0.6 is 0 Å². The molecule has 1 fully saturated rings. The van der Waals surface area contributed by atoms with E-state index in [0.717, 1.165) is 25.7 Å². The third kappa shape index (κ3) is 4.11. The van der Waals surface area contributed by atoms with Crippen LogP contribution in [-0.4, -0.2) is 31.7 Å². The van der Waals surface area contributed by atoms with Gasteiger partial charge >= 0.3 is 0 Å². The average molecular weight is 376 g/mol. The number of hydrogen-bond donors (Lipinski definition) is 1. The van der Waals surface area contributed by atoms with E-state index in [1.807, 2.05) is 0 Å². The summed E-state index contributed by atoms with van der Waals surface area (Å²) in [6.07, 6.45) is 3.84. The van der Waals surface area contributed by atoms with Gasteiger partial charge in [0.05, 0.1) is 10.5 Å². The van der Waals surface area contributed by atoms with Crippen LogP contribution in [0.25, 0.3) is 0 Å². The van der Waals surface area contributed by atoms with Crippen LogP contribution < -0.4 is 5.32 Å². The molecule has 2 aromatic rings. The molecule has 2 aromatic carbocycles. The summed E-state index contributed by atoms with van der Waals surface area (Å²) in [6, 6.07) is 11.7. The van der Waals surface area contributed by atoms with Crippen molar-refractivity contribution in [1.29, 1.82) is 0 Å². The second-order valence-corrected chi connectivity index (χ2v) is 8.21. The number of rotatable bonds is 4. The van der Waals surface area contributed by atoms with E-state index in [4.69, 9.17) is 0 Å². The second kappa shape index (κ2) is 7.97. The van der Waals surface area contributed by atoms with Gasteiger partial charge in [-0.05, 0) is 49.2 Å². The monoisotopic (exact) mass is 376 g/mol. The lowest BCUT2D eigenvalue weighted by Crippen LogP contribution is -2.31. The molecule has 0 aliphatic carbocycles. The first kappa shape index (κ1) is 18.5. The summed E-state index contributed by atoms with van der Waals surface area (Å²) >= 11 is 0. The van der Waals surface area contributed by atoms with Gasteiger partial charge in [-0.15, -0.1) is 0 Å². The molecular formula is C19H21FN2O3S. The van der Waals surface area contributed by atoms with Crippen LogP contribution in [0.15, 0.2) is 53.4 Å². The van der Waals surface area contributed by atoms with E-state index < -0.39 is 21.7 Å². The Hall–Kier alpha value is -2.25. The molecule has 1 heterocycles. The van der Waals surface area contributed by atoms with Crippen molar-refractivity contribution in [3.05, 3.63) is 59.9 Å². The van der Waals surface area contributed by atoms with E-state index in [1.165, 1.54) is 46.8 Å². The van der Waals surface area contributed by atoms with Gasteiger partial charge in [-0.3, -0.25) is 4.79 Å². The SMILES string of the molecule is O=C(Nc1ccc(S(=O)(=O)N2CCCCCC2)cc1)c1ccccc1F. The molecule has 0 atom stereocenters. The quantitative estimate of drug-likeness (QED) is 0.886. The van der Waals surface area contributed by atoms with Crippen LogP contribution in [-0.2, 0) is 10.0 Å². The van der Waals surface area contributed by atoms with Gasteiger partial charge in [-0.1, -0.05) is 25.0 Å². The molecular weight excluding hydrogens is 355 g/mol. The molecule has 0 bridgehead atoms. The van der Waals surface area contributed by atoms with Crippen molar-refractivity contribution in [2.75, 3.05) is 18.4 Å². The number of anilines is 1. The number of sulfonamides is 1. The van der Waals surface area contributed by atoms with E-state index in [9.17, 15) is 17.6 Å². The zero-order chi connectivity index (χ0) is 18.6. The molecule has 7 heteroatoms. The third-order valence-electron chi connectivity index (χ3n) is 4.43. The van der Waals surface area contributed by atoms with Gasteiger partial charge in [0.15, 0.2) is 0 Å². The highest BCUT2D eigenvalue weighted by molar-refractivity contribution is 7.89. The largest absolute Gasteiger partial charge is 0.322 e. The van der Waals surface area contributed by atoms with Crippen LogP contribution in [0.3, 0.4) is 0 Å². The highest BCUT2D eigenvalue weighted by atomic mass is 32.2. The molecule has 1 aliphatic heterocycles. The number of halogens is 1. The number of hydrogen-bond acceptors (Lipinski definition) is 3. The fraction of sp³-hybridized carbons (Fsp3) is 0.316. The smallest absolute Gasteiger partial charge is 0.258 e. The fourth-order valence-electron chi connectivity index (χ4n) is 2.99. The Morgan fingerprint density at radius 1 is 0.923 bits per heavy atom. The number of carbonyl (C=O) groups excluding carboxylic acids is 1. The van der Waals surface area contributed by atoms with Crippen molar-refractivity contribution in [3.63, 3.8) is 0 Å². The van der Waals surface area contributed by atoms with E-state index in [-0.39, 0.29) is 10.5 Å². The summed E-state index contributed by atoms with van der Waals surface area (Å²) in [5.74, 6) is -1.18. The first-order valence-corrected chi connectivity index (χ1v) is 10.1. The Morgan fingerprint density at radius 3 is 2.15 bits per heavy atom. The summed E-state index contributed by atoms with van der Waals surface area (Å²) in [5, 5.41) is 2.58. The molecule has 1 saturated heterocycles. The van der Waals surface area contributed by atoms with Crippen molar-refractivity contribution in [2.45, 2.75) is 30.6 Å². The minimum Gasteiger partial charge on any atom is -0.322 e. The first-order chi connectivity index (χ1) is 12.5. The normalized spacial score (nSPS) is 16.0. The summed E-state index contributed by atoms with van der Waals surface area (Å²) in [6.45, 7) is 1.07. The predicted molar refractivity (Wildman–Crippen MR) is 98.0 cm³/mol. The standard InChI is InChI=1S/C19H21FN2O3S/c20-18-8-4-3-7-17(18)19(23)21-15-9-11-16(12-10-15)26(24,25)22-13-5-1-2-6-14-22/h3-4,7-12H,1-2,5-6,13-14H2,(H,21,23). The fourth-order valence-corrected chi connectivity index (χ4v) is 4.50. The maximum absolute atomic E-state index is 13.7. The Labute approximate surface area is 152 Å². The van der Waals surface area contributed by atoms with E-state index in [2.05, 4.69) is 5.32 Å². The number of nitrogens with zero attached hydrogens (tertiary/aromatic N) is 1. The molecule has 138 valence electrons. The molecule has 0 aromatic heterocycles. The van der Waals surface area contributed by atoms with Crippen LogP contribution in [0.4, 0.5) is 10.1 Å². The molecule has 5 nitrogen and oxygen atoms in total. The van der Waals surface area contributed by atoms with Crippen LogP contribution in [0.2, 0.25) is 0 Å². The Kier molecular flexibility index (Phi) is 5.68. The van der Waals surface area contributed by atoms with Crippen LogP contribution in [0.1, 0.15) is 36.0 Å². The lowest BCUT2D eigenvalue weighted by atomic mass is 10.2. The van der Waals surface area contributed by atoms with Gasteiger partial charge in [0.25, 0.3) is 5.91 Å². The first-order valence-electron chi connectivity index (χ1n) is 8.64. The van der Waals surface area contributed by atoms with Gasteiger partial charge in [-0.25, -0.2) is 12.8 Å². The number of amides is 1. The highest BCUT2D eigenvalue weighted by Crippen LogP contribution is 2.22. The molecule has 0 spiro atoms. The van der Waals surface area contributed by atoms with Crippen molar-refractivity contribution >= 4 is 21.6 Å². The predicted octanol–water partition coefficient (Wildman–Crippen LogP) is 3.64. The zero-order valence-electron chi connectivity index (χ0n) is 14.3. The molecule has 0 saturated carbocycles. The van der Waals surface area contributed by atoms with Gasteiger partial charge < -0.3 is 5.32 Å². The molecule has 26 heavy (non-hydrogen) atoms. The van der Waals surface area contributed by atoms with Crippen LogP contribution in [0, 0.1) is 5.82 Å². The Morgan fingerprint density at radius 2 is 1.54 bits per heavy atom. The number of nitrogens with one attached hydrogen (secondary N) is 1. The number of benzene rings is 2. The molecule has 0 unspecified atom stereocenters. The zero-order valence-corrected chi connectivity index (χ0v) is 15.1. The van der Waals surface area contributed by atoms with Crippen molar-refractivity contribution in [1.82, 2.24) is 4.31 Å². The second-order valence-electron chi connectivity index (χ2n) is 6.28. The van der Waals surface area contributed by atoms with E-state index in [1.54, 1.807) is 6.07 Å². The molecule has 0 radical (unpaired) electrons. The van der Waals surface area contributed by atoms with E-state index in [0.29, 0.717) is 18.8 Å². The molecule has 1 aliphatic rings. The van der Waals surface area contributed by atoms with Crippen molar-refractivity contribution in [2.24, 2.45) is 0 Å². The molecule has 1 amide bonds. The lowest BCUT2D eigenvalue weighted by Gasteiger charge is -2.20. The number of carbonyl (C=O) groups is 1. The summed E-state index contributed by atoms with van der Waals surface area (Å²) in [4.78, 5) is 12.3. The highest BCUT2D eigenvalue weighted by Gasteiger charge is 2.25. The summed E-state index contributed by atoms with van der Waals surface area (Å²) in [7, 11) is -3.53. The van der Waals surface area contributed by atoms with Gasteiger partial charge in [0.1, 0.15) is 5.82 Å². The minimum atomic E-state index is -3.53. The maximum atomic E-state index is 13.7. The molecule has 3 rings (SSSR count). The summed E-state index contributed by atoms with van der Waals surface area (Å²) < 4.78 is 40.6. The van der Waals surface area contributed by atoms with Crippen molar-refractivity contribution < 1.29 is 17.6 Å². The Balaban J connectivity index is 1.74. The molecule has 1 N–H and O–H groups in total. The van der Waals surface area contributed by atoms with Crippen LogP contribution in [0.5, 0.6) is 0 Å².